The highest BCUT2D eigenvalue weighted by molar-refractivity contribution is 5.59. The van der Waals surface area contributed by atoms with Crippen LogP contribution < -0.4 is 22.7 Å². The van der Waals surface area contributed by atoms with E-state index in [1.54, 1.807) is 18.3 Å². The molecule has 2 heterocycles. The van der Waals surface area contributed by atoms with Gasteiger partial charge in [-0.05, 0) is 12.1 Å². The van der Waals surface area contributed by atoms with E-state index in [1.165, 1.54) is 6.20 Å². The number of aromatic nitrogens is 3. The molecule has 82 valence electrons. The fraction of sp³-hybridized carbons (Fsp3) is 0. The fourth-order valence-corrected chi connectivity index (χ4v) is 1.31. The summed E-state index contributed by atoms with van der Waals surface area (Å²) in [4.78, 5) is 28.6. The number of pyridine rings is 1. The van der Waals surface area contributed by atoms with Gasteiger partial charge in [-0.15, -0.1) is 0 Å². The van der Waals surface area contributed by atoms with E-state index in [9.17, 15) is 9.59 Å². The van der Waals surface area contributed by atoms with Crippen molar-refractivity contribution in [1.29, 1.82) is 0 Å². The highest BCUT2D eigenvalue weighted by atomic mass is 16.2. The molecule has 2 aromatic rings. The van der Waals surface area contributed by atoms with Gasteiger partial charge in [-0.1, -0.05) is 0 Å². The number of nitrogens with two attached hydrogens (primary N) is 2. The van der Waals surface area contributed by atoms with E-state index in [2.05, 4.69) is 9.97 Å². The summed E-state index contributed by atoms with van der Waals surface area (Å²) in [5.74, 6) is -0.0956. The molecule has 0 aromatic carbocycles. The summed E-state index contributed by atoms with van der Waals surface area (Å²) in [7, 11) is 0. The molecule has 0 saturated heterocycles. The van der Waals surface area contributed by atoms with Gasteiger partial charge in [-0.25, -0.2) is 9.36 Å². The van der Waals surface area contributed by atoms with Crippen molar-refractivity contribution in [2.24, 2.45) is 0 Å². The number of aromatic amines is 1. The number of anilines is 2. The number of nitrogens with zero attached hydrogens (tertiary/aromatic N) is 2. The van der Waals surface area contributed by atoms with Crippen LogP contribution in [0.15, 0.2) is 34.1 Å². The molecule has 2 aromatic heterocycles. The first-order chi connectivity index (χ1) is 7.61. The lowest BCUT2D eigenvalue weighted by Gasteiger charge is -2.09. The summed E-state index contributed by atoms with van der Waals surface area (Å²) >= 11 is 0. The fourth-order valence-electron chi connectivity index (χ4n) is 1.31. The maximum Gasteiger partial charge on any atom is 0.334 e. The molecular weight excluding hydrogens is 210 g/mol. The van der Waals surface area contributed by atoms with E-state index in [-0.39, 0.29) is 11.5 Å². The Hall–Kier alpha value is -2.57. The number of hydrogen-bond acceptors (Lipinski definition) is 5. The molecule has 16 heavy (non-hydrogen) atoms. The Morgan fingerprint density at radius 1 is 1.31 bits per heavy atom. The lowest BCUT2D eigenvalue weighted by Crippen LogP contribution is -2.32. The summed E-state index contributed by atoms with van der Waals surface area (Å²) in [6, 6.07) is 3.27. The summed E-state index contributed by atoms with van der Waals surface area (Å²) < 4.78 is 1.09. The predicted molar refractivity (Wildman–Crippen MR) is 59.3 cm³/mol. The summed E-state index contributed by atoms with van der Waals surface area (Å²) in [6.07, 6.45) is 3.00. The summed E-state index contributed by atoms with van der Waals surface area (Å²) in [5, 5.41) is 0. The van der Waals surface area contributed by atoms with E-state index in [4.69, 9.17) is 11.5 Å². The van der Waals surface area contributed by atoms with Gasteiger partial charge < -0.3 is 11.5 Å². The van der Waals surface area contributed by atoms with Gasteiger partial charge in [-0.2, -0.15) is 0 Å². The normalized spacial score (nSPS) is 10.2. The Balaban J connectivity index is 2.82. The van der Waals surface area contributed by atoms with Crippen LogP contribution in [0.1, 0.15) is 0 Å². The molecule has 0 fully saturated rings. The van der Waals surface area contributed by atoms with Crippen LogP contribution in [0.2, 0.25) is 0 Å². The highest BCUT2D eigenvalue weighted by Crippen LogP contribution is 2.11. The molecule has 2 rings (SSSR count). The van der Waals surface area contributed by atoms with Crippen LogP contribution >= 0.6 is 0 Å². The number of nitrogens with one attached hydrogen (secondary N) is 1. The van der Waals surface area contributed by atoms with Crippen LogP contribution in [0, 0.1) is 0 Å². The average molecular weight is 219 g/mol. The summed E-state index contributed by atoms with van der Waals surface area (Å²) in [5.41, 5.74) is 9.95. The molecule has 0 saturated carbocycles. The van der Waals surface area contributed by atoms with Gasteiger partial charge in [0.05, 0.1) is 11.9 Å². The van der Waals surface area contributed by atoms with E-state index < -0.39 is 11.2 Å². The second-order valence-corrected chi connectivity index (χ2v) is 3.10. The second kappa shape index (κ2) is 3.54. The molecular formula is C9H9N5O2. The molecule has 0 aliphatic carbocycles. The minimum Gasteiger partial charge on any atom is -0.391 e. The Labute approximate surface area is 89.4 Å². The molecule has 0 bridgehead atoms. The van der Waals surface area contributed by atoms with Gasteiger partial charge in [-0.3, -0.25) is 14.8 Å². The van der Waals surface area contributed by atoms with Crippen LogP contribution in [0.3, 0.4) is 0 Å². The van der Waals surface area contributed by atoms with Gasteiger partial charge >= 0.3 is 5.69 Å². The number of hydrogen-bond donors (Lipinski definition) is 3. The molecule has 7 nitrogen and oxygen atoms in total. The van der Waals surface area contributed by atoms with Gasteiger partial charge in [0.1, 0.15) is 11.5 Å². The smallest absolute Gasteiger partial charge is 0.334 e. The van der Waals surface area contributed by atoms with E-state index >= 15 is 0 Å². The minimum atomic E-state index is -0.692. The standard InChI is InChI=1S/C9H9N5O2/c10-6-7(11)14(9(16)13-8(6)15)5-2-1-3-12-4-5/h1-4H,10-11H2,(H,13,15,16). The van der Waals surface area contributed by atoms with E-state index in [1.807, 2.05) is 0 Å². The first kappa shape index (κ1) is 9.97. The Bertz CT molecular complexity index is 629. The molecule has 0 atom stereocenters. The Morgan fingerprint density at radius 3 is 2.69 bits per heavy atom. The van der Waals surface area contributed by atoms with Crippen molar-refractivity contribution >= 4 is 11.5 Å². The Morgan fingerprint density at radius 2 is 2.06 bits per heavy atom. The van der Waals surface area contributed by atoms with Crippen LogP contribution in [-0.4, -0.2) is 14.5 Å². The third-order valence-corrected chi connectivity index (χ3v) is 2.09. The van der Waals surface area contributed by atoms with E-state index in [0.717, 1.165) is 4.57 Å². The van der Waals surface area contributed by atoms with Crippen molar-refractivity contribution in [3.63, 3.8) is 0 Å². The van der Waals surface area contributed by atoms with E-state index in [0.29, 0.717) is 5.69 Å². The monoisotopic (exact) mass is 219 g/mol. The third-order valence-electron chi connectivity index (χ3n) is 2.09. The van der Waals surface area contributed by atoms with Gasteiger partial charge in [0.2, 0.25) is 0 Å². The molecule has 0 spiro atoms. The van der Waals surface area contributed by atoms with Crippen molar-refractivity contribution in [2.45, 2.75) is 0 Å². The maximum absolute atomic E-state index is 11.6. The van der Waals surface area contributed by atoms with Gasteiger partial charge in [0, 0.05) is 6.20 Å². The maximum atomic E-state index is 11.6. The number of rotatable bonds is 1. The molecule has 0 amide bonds. The molecule has 0 radical (unpaired) electrons. The SMILES string of the molecule is Nc1c(N)n(-c2cccnc2)c(=O)[nH]c1=O. The van der Waals surface area contributed by atoms with Crippen molar-refractivity contribution in [2.75, 3.05) is 11.5 Å². The van der Waals surface area contributed by atoms with Crippen LogP contribution in [-0.2, 0) is 0 Å². The van der Waals surface area contributed by atoms with Crippen LogP contribution in [0.4, 0.5) is 11.5 Å². The van der Waals surface area contributed by atoms with Crippen molar-refractivity contribution < 1.29 is 0 Å². The molecule has 7 heteroatoms. The molecule has 5 N–H and O–H groups in total. The van der Waals surface area contributed by atoms with Crippen LogP contribution in [0.5, 0.6) is 0 Å². The van der Waals surface area contributed by atoms with Crippen molar-refractivity contribution in [1.82, 2.24) is 14.5 Å². The lowest BCUT2D eigenvalue weighted by atomic mass is 10.4. The average Bonchev–Trinajstić information content (AvgIpc) is 2.28. The van der Waals surface area contributed by atoms with Gasteiger partial charge in [0.15, 0.2) is 0 Å². The molecule has 0 aliphatic rings. The first-order valence-electron chi connectivity index (χ1n) is 4.42. The number of H-pyrrole nitrogens is 1. The summed E-state index contributed by atoms with van der Waals surface area (Å²) in [6.45, 7) is 0. The largest absolute Gasteiger partial charge is 0.391 e. The van der Waals surface area contributed by atoms with Gasteiger partial charge in [0.25, 0.3) is 5.56 Å². The molecule has 0 unspecified atom stereocenters. The minimum absolute atomic E-state index is 0.0956. The quantitative estimate of drug-likeness (QED) is 0.573. The second-order valence-electron chi connectivity index (χ2n) is 3.10. The van der Waals surface area contributed by atoms with Crippen molar-refractivity contribution in [3.05, 3.63) is 45.4 Å². The first-order valence-corrected chi connectivity index (χ1v) is 4.42. The zero-order chi connectivity index (χ0) is 11.7. The number of nitrogen functional groups attached to an aromatic ring is 2. The van der Waals surface area contributed by atoms with Crippen LogP contribution in [0.25, 0.3) is 5.69 Å². The predicted octanol–water partition coefficient (Wildman–Crippen LogP) is -0.915. The highest BCUT2D eigenvalue weighted by Gasteiger charge is 2.10. The molecule has 0 aliphatic heterocycles. The lowest BCUT2D eigenvalue weighted by molar-refractivity contribution is 0.907. The zero-order valence-corrected chi connectivity index (χ0v) is 8.18. The third kappa shape index (κ3) is 1.44. The zero-order valence-electron chi connectivity index (χ0n) is 8.18. The van der Waals surface area contributed by atoms with Crippen molar-refractivity contribution in [3.8, 4) is 5.69 Å². The Kier molecular flexibility index (Phi) is 2.20. The topological polar surface area (TPSA) is 120 Å².